The van der Waals surface area contributed by atoms with Gasteiger partial charge in [-0.3, -0.25) is 4.90 Å². The molecule has 0 spiro atoms. The summed E-state index contributed by atoms with van der Waals surface area (Å²) in [6.45, 7) is 3.03. The first-order chi connectivity index (χ1) is 9.47. The molecule has 106 valence electrons. The van der Waals surface area contributed by atoms with Gasteiger partial charge in [-0.1, -0.05) is 29.8 Å². The SMILES string of the molecule is CC(c1cccc(Cl)c1)N(C)Cc1ccc(N)c(Br)c1. The van der Waals surface area contributed by atoms with Crippen molar-refractivity contribution in [3.63, 3.8) is 0 Å². The Morgan fingerprint density at radius 2 is 2.00 bits per heavy atom. The van der Waals surface area contributed by atoms with Crippen LogP contribution in [0.15, 0.2) is 46.9 Å². The van der Waals surface area contributed by atoms with Gasteiger partial charge in [0.2, 0.25) is 0 Å². The molecule has 1 atom stereocenters. The van der Waals surface area contributed by atoms with Gasteiger partial charge in [0.15, 0.2) is 0 Å². The predicted octanol–water partition coefficient (Wildman–Crippen LogP) is 4.88. The molecule has 2 rings (SSSR count). The van der Waals surface area contributed by atoms with Crippen LogP contribution in [-0.2, 0) is 6.54 Å². The second-order valence-electron chi connectivity index (χ2n) is 5.00. The Labute approximate surface area is 133 Å². The molecule has 0 aliphatic rings. The van der Waals surface area contributed by atoms with E-state index in [1.807, 2.05) is 24.3 Å². The number of halogens is 2. The average molecular weight is 354 g/mol. The summed E-state index contributed by atoms with van der Waals surface area (Å²) in [7, 11) is 2.11. The Morgan fingerprint density at radius 3 is 2.65 bits per heavy atom. The van der Waals surface area contributed by atoms with E-state index in [0.29, 0.717) is 6.04 Å². The Hall–Kier alpha value is -1.03. The molecule has 0 saturated carbocycles. The minimum atomic E-state index is 0.296. The van der Waals surface area contributed by atoms with Crippen LogP contribution >= 0.6 is 27.5 Å². The summed E-state index contributed by atoms with van der Waals surface area (Å²) in [5.41, 5.74) is 9.02. The van der Waals surface area contributed by atoms with Gasteiger partial charge in [-0.25, -0.2) is 0 Å². The highest BCUT2D eigenvalue weighted by Gasteiger charge is 2.12. The minimum Gasteiger partial charge on any atom is -0.398 e. The molecule has 4 heteroatoms. The number of anilines is 1. The maximum atomic E-state index is 6.05. The highest BCUT2D eigenvalue weighted by atomic mass is 79.9. The fourth-order valence-corrected chi connectivity index (χ4v) is 2.74. The first kappa shape index (κ1) is 15.4. The van der Waals surface area contributed by atoms with Gasteiger partial charge in [0, 0.05) is 27.8 Å². The molecule has 2 nitrogen and oxygen atoms in total. The van der Waals surface area contributed by atoms with Crippen molar-refractivity contribution in [3.05, 3.63) is 63.1 Å². The van der Waals surface area contributed by atoms with Crippen molar-refractivity contribution in [3.8, 4) is 0 Å². The van der Waals surface area contributed by atoms with Gasteiger partial charge >= 0.3 is 0 Å². The van der Waals surface area contributed by atoms with Crippen molar-refractivity contribution in [2.24, 2.45) is 0 Å². The van der Waals surface area contributed by atoms with E-state index < -0.39 is 0 Å². The summed E-state index contributed by atoms with van der Waals surface area (Å²) in [5.74, 6) is 0. The minimum absolute atomic E-state index is 0.296. The molecule has 1 unspecified atom stereocenters. The van der Waals surface area contributed by atoms with Crippen molar-refractivity contribution in [1.82, 2.24) is 4.90 Å². The molecule has 0 saturated heterocycles. The highest BCUT2D eigenvalue weighted by molar-refractivity contribution is 9.10. The molecule has 2 aromatic carbocycles. The standard InChI is InChI=1S/C16H18BrClN2/c1-11(13-4-3-5-14(18)9-13)20(2)10-12-6-7-16(19)15(17)8-12/h3-9,11H,10,19H2,1-2H3. The molecular formula is C16H18BrClN2. The first-order valence-electron chi connectivity index (χ1n) is 6.47. The summed E-state index contributed by atoms with van der Waals surface area (Å²) >= 11 is 9.52. The molecular weight excluding hydrogens is 336 g/mol. The van der Waals surface area contributed by atoms with E-state index in [4.69, 9.17) is 17.3 Å². The lowest BCUT2D eigenvalue weighted by molar-refractivity contribution is 0.253. The van der Waals surface area contributed by atoms with E-state index in [9.17, 15) is 0 Å². The average Bonchev–Trinajstić information content (AvgIpc) is 2.42. The van der Waals surface area contributed by atoms with E-state index >= 15 is 0 Å². The van der Waals surface area contributed by atoms with E-state index in [0.717, 1.165) is 21.7 Å². The van der Waals surface area contributed by atoms with E-state index in [2.05, 4.69) is 53.0 Å². The number of rotatable bonds is 4. The van der Waals surface area contributed by atoms with Crippen molar-refractivity contribution in [2.75, 3.05) is 12.8 Å². The first-order valence-corrected chi connectivity index (χ1v) is 7.64. The van der Waals surface area contributed by atoms with E-state index in [-0.39, 0.29) is 0 Å². The number of nitrogens with two attached hydrogens (primary N) is 1. The van der Waals surface area contributed by atoms with E-state index in [1.165, 1.54) is 11.1 Å². The lowest BCUT2D eigenvalue weighted by Crippen LogP contribution is -2.21. The Balaban J connectivity index is 2.11. The summed E-state index contributed by atoms with van der Waals surface area (Å²) < 4.78 is 0.943. The van der Waals surface area contributed by atoms with E-state index in [1.54, 1.807) is 0 Å². The van der Waals surface area contributed by atoms with Gasteiger partial charge in [-0.2, -0.15) is 0 Å². The molecule has 2 aromatic rings. The third-order valence-corrected chi connectivity index (χ3v) is 4.41. The van der Waals surface area contributed by atoms with Crippen LogP contribution in [0, 0.1) is 0 Å². The number of nitrogen functional groups attached to an aromatic ring is 1. The summed E-state index contributed by atoms with van der Waals surface area (Å²) in [6, 6.07) is 14.4. The molecule has 0 heterocycles. The number of hydrogen-bond acceptors (Lipinski definition) is 2. The maximum Gasteiger partial charge on any atom is 0.0458 e. The van der Waals surface area contributed by atoms with Crippen LogP contribution in [0.3, 0.4) is 0 Å². The Kier molecular flexibility index (Phi) is 5.08. The molecule has 0 fully saturated rings. The Morgan fingerprint density at radius 1 is 1.25 bits per heavy atom. The molecule has 0 amide bonds. The summed E-state index contributed by atoms with van der Waals surface area (Å²) in [5, 5.41) is 0.776. The van der Waals surface area contributed by atoms with Gasteiger partial charge in [-0.05, 0) is 65.3 Å². The number of benzene rings is 2. The predicted molar refractivity (Wildman–Crippen MR) is 89.9 cm³/mol. The lowest BCUT2D eigenvalue weighted by atomic mass is 10.1. The fraction of sp³-hybridized carbons (Fsp3) is 0.250. The van der Waals surface area contributed by atoms with Crippen LogP contribution in [0.25, 0.3) is 0 Å². The monoisotopic (exact) mass is 352 g/mol. The quantitative estimate of drug-likeness (QED) is 0.794. The zero-order valence-corrected chi connectivity index (χ0v) is 13.9. The second kappa shape index (κ2) is 6.61. The lowest BCUT2D eigenvalue weighted by Gasteiger charge is -2.25. The van der Waals surface area contributed by atoms with Crippen LogP contribution in [0.5, 0.6) is 0 Å². The molecule has 0 bridgehead atoms. The largest absolute Gasteiger partial charge is 0.398 e. The zero-order chi connectivity index (χ0) is 14.7. The van der Waals surface area contributed by atoms with Crippen molar-refractivity contribution in [2.45, 2.75) is 19.5 Å². The molecule has 0 aliphatic carbocycles. The van der Waals surface area contributed by atoms with Crippen LogP contribution in [0.1, 0.15) is 24.1 Å². The van der Waals surface area contributed by atoms with Crippen LogP contribution < -0.4 is 5.73 Å². The smallest absolute Gasteiger partial charge is 0.0458 e. The van der Waals surface area contributed by atoms with Gasteiger partial charge in [-0.15, -0.1) is 0 Å². The van der Waals surface area contributed by atoms with Crippen LogP contribution in [0.4, 0.5) is 5.69 Å². The summed E-state index contributed by atoms with van der Waals surface area (Å²) in [4.78, 5) is 2.28. The third-order valence-electron chi connectivity index (χ3n) is 3.49. The molecule has 0 radical (unpaired) electrons. The van der Waals surface area contributed by atoms with Crippen LogP contribution in [0.2, 0.25) is 5.02 Å². The second-order valence-corrected chi connectivity index (χ2v) is 6.29. The molecule has 0 aliphatic heterocycles. The highest BCUT2D eigenvalue weighted by Crippen LogP contribution is 2.25. The van der Waals surface area contributed by atoms with Crippen molar-refractivity contribution >= 4 is 33.2 Å². The number of hydrogen-bond donors (Lipinski definition) is 1. The molecule has 0 aromatic heterocycles. The third kappa shape index (κ3) is 3.75. The van der Waals surface area contributed by atoms with Crippen LogP contribution in [-0.4, -0.2) is 11.9 Å². The van der Waals surface area contributed by atoms with Gasteiger partial charge in [0.25, 0.3) is 0 Å². The van der Waals surface area contributed by atoms with Crippen molar-refractivity contribution < 1.29 is 0 Å². The molecule has 2 N–H and O–H groups in total. The normalized spacial score (nSPS) is 12.7. The van der Waals surface area contributed by atoms with Gasteiger partial charge in [0.1, 0.15) is 0 Å². The summed E-state index contributed by atoms with van der Waals surface area (Å²) in [6.07, 6.45) is 0. The number of nitrogens with zero attached hydrogens (tertiary/aromatic N) is 1. The topological polar surface area (TPSA) is 29.3 Å². The molecule has 20 heavy (non-hydrogen) atoms. The fourth-order valence-electron chi connectivity index (χ4n) is 2.11. The van der Waals surface area contributed by atoms with Gasteiger partial charge < -0.3 is 5.73 Å². The Bertz CT molecular complexity index is 601. The zero-order valence-electron chi connectivity index (χ0n) is 11.6. The maximum absolute atomic E-state index is 6.05. The van der Waals surface area contributed by atoms with Gasteiger partial charge in [0.05, 0.1) is 0 Å². The van der Waals surface area contributed by atoms with Crippen molar-refractivity contribution in [1.29, 1.82) is 0 Å².